The van der Waals surface area contributed by atoms with Gasteiger partial charge in [-0.15, -0.1) is 0 Å². The summed E-state index contributed by atoms with van der Waals surface area (Å²) in [4.78, 5) is 17.3. The first-order valence-electron chi connectivity index (χ1n) is 6.54. The Morgan fingerprint density at radius 1 is 1.20 bits per heavy atom. The Morgan fingerprint density at radius 2 is 1.85 bits per heavy atom. The Labute approximate surface area is 118 Å². The summed E-state index contributed by atoms with van der Waals surface area (Å²) in [6.45, 7) is 2.54. The minimum atomic E-state index is -0.592. The summed E-state index contributed by atoms with van der Waals surface area (Å²) in [6.07, 6.45) is 3.45. The lowest BCUT2D eigenvalue weighted by molar-refractivity contribution is 0.0780. The van der Waals surface area contributed by atoms with Gasteiger partial charge in [0.25, 0.3) is 5.91 Å². The zero-order valence-electron chi connectivity index (χ0n) is 11.6. The number of carbonyl (C=O) groups is 1. The molecule has 0 unspecified atom stereocenters. The first-order chi connectivity index (χ1) is 9.61. The molecule has 0 N–H and O–H groups in total. The molecule has 0 saturated carbocycles. The standard InChI is InChI=1S/C16H17FN2O/c1-3-12-4-6-13(7-5-12)11-19(2)16(20)14-8-9-18-10-15(14)17/h4-10H,3,11H2,1-2H3. The monoisotopic (exact) mass is 272 g/mol. The summed E-state index contributed by atoms with van der Waals surface area (Å²) in [6, 6.07) is 9.47. The summed E-state index contributed by atoms with van der Waals surface area (Å²) in [5.74, 6) is -0.935. The molecule has 0 fully saturated rings. The maximum atomic E-state index is 13.5. The van der Waals surface area contributed by atoms with Gasteiger partial charge in [0.15, 0.2) is 5.82 Å². The molecule has 1 aromatic carbocycles. The molecule has 0 aliphatic rings. The van der Waals surface area contributed by atoms with Crippen LogP contribution in [0.15, 0.2) is 42.7 Å². The van der Waals surface area contributed by atoms with E-state index in [1.54, 1.807) is 7.05 Å². The molecule has 2 aromatic rings. The number of pyridine rings is 1. The van der Waals surface area contributed by atoms with E-state index in [0.717, 1.165) is 18.2 Å². The summed E-state index contributed by atoms with van der Waals surface area (Å²) in [5.41, 5.74) is 2.32. The smallest absolute Gasteiger partial charge is 0.256 e. The van der Waals surface area contributed by atoms with Gasteiger partial charge in [0.1, 0.15) is 0 Å². The van der Waals surface area contributed by atoms with Crippen molar-refractivity contribution in [3.63, 3.8) is 0 Å². The number of aryl methyl sites for hydroxylation is 1. The topological polar surface area (TPSA) is 33.2 Å². The molecular formula is C16H17FN2O. The molecule has 0 saturated heterocycles. The molecular weight excluding hydrogens is 255 g/mol. The Morgan fingerprint density at radius 3 is 2.45 bits per heavy atom. The molecule has 1 aromatic heterocycles. The van der Waals surface area contributed by atoms with Crippen LogP contribution < -0.4 is 0 Å². The van der Waals surface area contributed by atoms with Crippen LogP contribution in [-0.2, 0) is 13.0 Å². The number of carbonyl (C=O) groups excluding carboxylic acids is 1. The number of aromatic nitrogens is 1. The molecule has 4 heteroatoms. The molecule has 0 radical (unpaired) electrons. The fourth-order valence-corrected chi connectivity index (χ4v) is 1.98. The van der Waals surface area contributed by atoms with Gasteiger partial charge in [0.2, 0.25) is 0 Å². The molecule has 0 atom stereocenters. The summed E-state index contributed by atoms with van der Waals surface area (Å²) in [7, 11) is 1.66. The highest BCUT2D eigenvalue weighted by Gasteiger charge is 2.16. The van der Waals surface area contributed by atoms with Crippen LogP contribution in [0.2, 0.25) is 0 Å². The van der Waals surface area contributed by atoms with Gasteiger partial charge in [-0.25, -0.2) is 4.39 Å². The second-order valence-electron chi connectivity index (χ2n) is 4.69. The second-order valence-corrected chi connectivity index (χ2v) is 4.69. The number of hydrogen-bond donors (Lipinski definition) is 0. The maximum absolute atomic E-state index is 13.5. The van der Waals surface area contributed by atoms with Gasteiger partial charge in [0, 0.05) is 19.8 Å². The van der Waals surface area contributed by atoms with Crippen LogP contribution >= 0.6 is 0 Å². The van der Waals surface area contributed by atoms with E-state index in [2.05, 4.69) is 11.9 Å². The third kappa shape index (κ3) is 3.20. The fourth-order valence-electron chi connectivity index (χ4n) is 1.98. The van der Waals surface area contributed by atoms with Crippen LogP contribution in [0.25, 0.3) is 0 Å². The van der Waals surface area contributed by atoms with Gasteiger partial charge in [0.05, 0.1) is 11.8 Å². The molecule has 0 aliphatic carbocycles. The Balaban J connectivity index is 2.09. The predicted octanol–water partition coefficient (Wildman–Crippen LogP) is 3.06. The molecule has 0 aliphatic heterocycles. The number of rotatable bonds is 4. The molecule has 0 bridgehead atoms. The number of halogens is 1. The lowest BCUT2D eigenvalue weighted by atomic mass is 10.1. The molecule has 1 heterocycles. The molecule has 1 amide bonds. The molecule has 3 nitrogen and oxygen atoms in total. The second kappa shape index (κ2) is 6.28. The Kier molecular flexibility index (Phi) is 4.45. The van der Waals surface area contributed by atoms with Crippen molar-refractivity contribution in [3.05, 3.63) is 65.2 Å². The third-order valence-corrected chi connectivity index (χ3v) is 3.20. The SMILES string of the molecule is CCc1ccc(CN(C)C(=O)c2ccncc2F)cc1. The van der Waals surface area contributed by atoms with Crippen LogP contribution in [0.1, 0.15) is 28.4 Å². The van der Waals surface area contributed by atoms with Crippen molar-refractivity contribution in [1.82, 2.24) is 9.88 Å². The third-order valence-electron chi connectivity index (χ3n) is 3.20. The van der Waals surface area contributed by atoms with Gasteiger partial charge in [-0.2, -0.15) is 0 Å². The van der Waals surface area contributed by atoms with E-state index in [9.17, 15) is 9.18 Å². The van der Waals surface area contributed by atoms with E-state index in [1.165, 1.54) is 22.7 Å². The summed E-state index contributed by atoms with van der Waals surface area (Å²) < 4.78 is 13.5. The number of nitrogens with zero attached hydrogens (tertiary/aromatic N) is 2. The minimum Gasteiger partial charge on any atom is -0.337 e. The van der Waals surface area contributed by atoms with Gasteiger partial charge >= 0.3 is 0 Å². The summed E-state index contributed by atoms with van der Waals surface area (Å²) in [5, 5.41) is 0. The van der Waals surface area contributed by atoms with Crippen LogP contribution in [0.3, 0.4) is 0 Å². The van der Waals surface area contributed by atoms with Crippen molar-refractivity contribution in [2.45, 2.75) is 19.9 Å². The highest BCUT2D eigenvalue weighted by Crippen LogP contribution is 2.12. The number of hydrogen-bond acceptors (Lipinski definition) is 2. The molecule has 0 spiro atoms. The lowest BCUT2D eigenvalue weighted by Crippen LogP contribution is -2.27. The zero-order valence-corrected chi connectivity index (χ0v) is 11.6. The van der Waals surface area contributed by atoms with Gasteiger partial charge in [-0.1, -0.05) is 31.2 Å². The summed E-state index contributed by atoms with van der Waals surface area (Å²) >= 11 is 0. The molecule has 2 rings (SSSR count). The van der Waals surface area contributed by atoms with Crippen LogP contribution in [-0.4, -0.2) is 22.8 Å². The van der Waals surface area contributed by atoms with E-state index < -0.39 is 5.82 Å². The van der Waals surface area contributed by atoms with Crippen molar-refractivity contribution in [1.29, 1.82) is 0 Å². The van der Waals surface area contributed by atoms with E-state index >= 15 is 0 Å². The maximum Gasteiger partial charge on any atom is 0.256 e. The van der Waals surface area contributed by atoms with Gasteiger partial charge < -0.3 is 4.90 Å². The minimum absolute atomic E-state index is 0.0488. The van der Waals surface area contributed by atoms with Crippen molar-refractivity contribution >= 4 is 5.91 Å². The normalized spacial score (nSPS) is 10.3. The van der Waals surface area contributed by atoms with Crippen molar-refractivity contribution < 1.29 is 9.18 Å². The predicted molar refractivity (Wildman–Crippen MR) is 75.8 cm³/mol. The first-order valence-corrected chi connectivity index (χ1v) is 6.54. The van der Waals surface area contributed by atoms with E-state index in [4.69, 9.17) is 0 Å². The van der Waals surface area contributed by atoms with Crippen LogP contribution in [0, 0.1) is 5.82 Å². The Hall–Kier alpha value is -2.23. The molecule has 104 valence electrons. The van der Waals surface area contributed by atoms with Crippen LogP contribution in [0.5, 0.6) is 0 Å². The van der Waals surface area contributed by atoms with Gasteiger partial charge in [-0.05, 0) is 23.6 Å². The average Bonchev–Trinajstić information content (AvgIpc) is 2.48. The highest BCUT2D eigenvalue weighted by atomic mass is 19.1. The van der Waals surface area contributed by atoms with Crippen molar-refractivity contribution in [2.75, 3.05) is 7.05 Å². The zero-order chi connectivity index (χ0) is 14.5. The van der Waals surface area contributed by atoms with E-state index in [0.29, 0.717) is 6.54 Å². The first kappa shape index (κ1) is 14.2. The quantitative estimate of drug-likeness (QED) is 0.857. The Bertz CT molecular complexity index is 596. The van der Waals surface area contributed by atoms with Gasteiger partial charge in [-0.3, -0.25) is 9.78 Å². The largest absolute Gasteiger partial charge is 0.337 e. The van der Waals surface area contributed by atoms with E-state index in [-0.39, 0.29) is 11.5 Å². The van der Waals surface area contributed by atoms with Crippen molar-refractivity contribution in [3.8, 4) is 0 Å². The lowest BCUT2D eigenvalue weighted by Gasteiger charge is -2.17. The van der Waals surface area contributed by atoms with Crippen molar-refractivity contribution in [2.24, 2.45) is 0 Å². The van der Waals surface area contributed by atoms with E-state index in [1.807, 2.05) is 24.3 Å². The number of amides is 1. The fraction of sp³-hybridized carbons (Fsp3) is 0.250. The average molecular weight is 272 g/mol. The van der Waals surface area contributed by atoms with Crippen LogP contribution in [0.4, 0.5) is 4.39 Å². The highest BCUT2D eigenvalue weighted by molar-refractivity contribution is 5.94. The molecule has 20 heavy (non-hydrogen) atoms. The number of benzene rings is 1.